The van der Waals surface area contributed by atoms with Crippen molar-refractivity contribution in [2.24, 2.45) is 0 Å². The van der Waals surface area contributed by atoms with Gasteiger partial charge < -0.3 is 5.11 Å². The van der Waals surface area contributed by atoms with Gasteiger partial charge in [-0.2, -0.15) is 0 Å². The van der Waals surface area contributed by atoms with Crippen LogP contribution in [-0.2, 0) is 4.79 Å². The van der Waals surface area contributed by atoms with E-state index in [0.717, 1.165) is 12.2 Å². The number of carbonyl (C=O) groups is 2. The Morgan fingerprint density at radius 2 is 2.23 bits per heavy atom. The zero-order chi connectivity index (χ0) is 9.84. The number of allylic oxidation sites excluding steroid dienone is 1. The van der Waals surface area contributed by atoms with Gasteiger partial charge in [-0.1, -0.05) is 0 Å². The predicted molar refractivity (Wildman–Crippen MR) is 44.4 cm³/mol. The highest BCUT2D eigenvalue weighted by atomic mass is 16.4. The smallest absolute Gasteiger partial charge is 0.328 e. The number of carbonyl (C=O) groups excluding carboxylic acids is 1. The Bertz CT molecular complexity index is 365. The Hall–Kier alpha value is -1.91. The summed E-state index contributed by atoms with van der Waals surface area (Å²) in [7, 11) is 0. The maximum Gasteiger partial charge on any atom is 0.328 e. The molecule has 0 radical (unpaired) electrons. The van der Waals surface area contributed by atoms with E-state index in [-0.39, 0.29) is 0 Å². The number of aryl methyl sites for hydroxylation is 1. The summed E-state index contributed by atoms with van der Waals surface area (Å²) in [6.45, 7) is 1.66. The summed E-state index contributed by atoms with van der Waals surface area (Å²) >= 11 is 0. The van der Waals surface area contributed by atoms with Crippen molar-refractivity contribution >= 4 is 11.9 Å². The third-order valence-corrected chi connectivity index (χ3v) is 1.43. The van der Waals surface area contributed by atoms with Crippen LogP contribution in [0.2, 0.25) is 0 Å². The van der Waals surface area contributed by atoms with Gasteiger partial charge in [0.2, 0.25) is 0 Å². The number of aromatic nitrogens is 2. The first-order chi connectivity index (χ1) is 6.11. The third-order valence-electron chi connectivity index (χ3n) is 1.43. The lowest BCUT2D eigenvalue weighted by atomic mass is 10.4. The van der Waals surface area contributed by atoms with Crippen molar-refractivity contribution in [3.63, 3.8) is 0 Å². The van der Waals surface area contributed by atoms with Crippen molar-refractivity contribution in [2.45, 2.75) is 6.92 Å². The van der Waals surface area contributed by atoms with E-state index in [4.69, 9.17) is 5.11 Å². The molecule has 1 N–H and O–H groups in total. The van der Waals surface area contributed by atoms with Crippen molar-refractivity contribution in [3.8, 4) is 0 Å². The topological polar surface area (TPSA) is 72.2 Å². The quantitative estimate of drug-likeness (QED) is 0.671. The number of rotatable bonds is 2. The Morgan fingerprint density at radius 1 is 1.54 bits per heavy atom. The Kier molecular flexibility index (Phi) is 2.59. The summed E-state index contributed by atoms with van der Waals surface area (Å²) in [6.07, 6.45) is 4.73. The molecule has 0 bridgehead atoms. The first kappa shape index (κ1) is 9.18. The van der Waals surface area contributed by atoms with Gasteiger partial charge in [0, 0.05) is 24.5 Å². The molecule has 1 heterocycles. The second-order valence-corrected chi connectivity index (χ2v) is 2.35. The van der Waals surface area contributed by atoms with Crippen molar-refractivity contribution in [1.29, 1.82) is 0 Å². The maximum absolute atomic E-state index is 11.2. The molecule has 5 heteroatoms. The highest BCUT2D eigenvalue weighted by Gasteiger charge is 2.03. The van der Waals surface area contributed by atoms with Gasteiger partial charge in [-0.05, 0) is 6.92 Å². The van der Waals surface area contributed by atoms with Crippen LogP contribution in [-0.4, -0.2) is 26.5 Å². The fourth-order valence-electron chi connectivity index (χ4n) is 0.834. The number of aliphatic carboxylic acids is 1. The van der Waals surface area contributed by atoms with Crippen molar-refractivity contribution < 1.29 is 14.7 Å². The monoisotopic (exact) mass is 180 g/mol. The Balaban J connectivity index is 2.81. The van der Waals surface area contributed by atoms with Crippen LogP contribution in [0.5, 0.6) is 0 Å². The predicted octanol–water partition coefficient (Wildman–Crippen LogP) is 0.473. The molecule has 0 atom stereocenters. The van der Waals surface area contributed by atoms with Gasteiger partial charge in [0.05, 0.1) is 0 Å². The molecular formula is C8H8N2O3. The summed E-state index contributed by atoms with van der Waals surface area (Å²) in [5, 5.41) is 8.27. The van der Waals surface area contributed by atoms with Gasteiger partial charge in [-0.3, -0.25) is 9.36 Å². The highest BCUT2D eigenvalue weighted by molar-refractivity contribution is 5.95. The molecule has 0 fully saturated rings. The number of carboxylic acids is 1. The Labute approximate surface area is 74.3 Å². The summed E-state index contributed by atoms with van der Waals surface area (Å²) in [6, 6.07) is 0. The van der Waals surface area contributed by atoms with Crippen molar-refractivity contribution in [1.82, 2.24) is 9.55 Å². The molecule has 13 heavy (non-hydrogen) atoms. The molecule has 0 saturated carbocycles. The minimum Gasteiger partial charge on any atom is -0.478 e. The molecule has 0 aromatic carbocycles. The molecular weight excluding hydrogens is 172 g/mol. The number of nitrogens with zero attached hydrogens (tertiary/aromatic N) is 2. The van der Waals surface area contributed by atoms with Crippen LogP contribution in [0.4, 0.5) is 0 Å². The molecule has 0 aliphatic rings. The molecule has 0 saturated heterocycles. The molecule has 0 spiro atoms. The van der Waals surface area contributed by atoms with E-state index < -0.39 is 11.9 Å². The lowest BCUT2D eigenvalue weighted by molar-refractivity contribution is -0.131. The van der Waals surface area contributed by atoms with Gasteiger partial charge in [-0.25, -0.2) is 9.78 Å². The Morgan fingerprint density at radius 3 is 2.69 bits per heavy atom. The second kappa shape index (κ2) is 3.66. The second-order valence-electron chi connectivity index (χ2n) is 2.35. The van der Waals surface area contributed by atoms with E-state index in [9.17, 15) is 9.59 Å². The summed E-state index contributed by atoms with van der Waals surface area (Å²) in [5.41, 5.74) is 0. The molecule has 0 unspecified atom stereocenters. The van der Waals surface area contributed by atoms with Crippen LogP contribution >= 0.6 is 0 Å². The van der Waals surface area contributed by atoms with Crippen molar-refractivity contribution in [3.05, 3.63) is 30.4 Å². The van der Waals surface area contributed by atoms with Crippen LogP contribution in [0.3, 0.4) is 0 Å². The minimum atomic E-state index is -1.15. The molecule has 0 aliphatic heterocycles. The average molecular weight is 180 g/mol. The van der Waals surface area contributed by atoms with Crippen LogP contribution in [0.25, 0.3) is 0 Å². The average Bonchev–Trinajstić information content (AvgIpc) is 2.47. The molecule has 0 amide bonds. The van der Waals surface area contributed by atoms with E-state index in [0.29, 0.717) is 5.82 Å². The fourth-order valence-corrected chi connectivity index (χ4v) is 0.834. The first-order valence-electron chi connectivity index (χ1n) is 3.56. The largest absolute Gasteiger partial charge is 0.478 e. The SMILES string of the molecule is Cc1nccn1C(=O)/C=C/C(=O)O. The van der Waals surface area contributed by atoms with Crippen LogP contribution < -0.4 is 0 Å². The molecule has 0 aliphatic carbocycles. The van der Waals surface area contributed by atoms with E-state index in [1.54, 1.807) is 6.92 Å². The summed E-state index contributed by atoms with van der Waals surface area (Å²) in [4.78, 5) is 25.1. The van der Waals surface area contributed by atoms with E-state index in [1.165, 1.54) is 17.0 Å². The summed E-state index contributed by atoms with van der Waals surface area (Å²) < 4.78 is 1.26. The lowest BCUT2D eigenvalue weighted by Gasteiger charge is -1.96. The van der Waals surface area contributed by atoms with E-state index in [1.807, 2.05) is 0 Å². The third kappa shape index (κ3) is 2.26. The van der Waals surface area contributed by atoms with Crippen LogP contribution in [0, 0.1) is 6.92 Å². The molecule has 1 aromatic heterocycles. The maximum atomic E-state index is 11.2. The fraction of sp³-hybridized carbons (Fsp3) is 0.125. The number of carboxylic acid groups (broad SMARTS) is 1. The number of hydrogen-bond donors (Lipinski definition) is 1. The zero-order valence-electron chi connectivity index (χ0n) is 6.97. The highest BCUT2D eigenvalue weighted by Crippen LogP contribution is 1.95. The first-order valence-corrected chi connectivity index (χ1v) is 3.56. The van der Waals surface area contributed by atoms with Gasteiger partial charge in [0.25, 0.3) is 5.91 Å². The van der Waals surface area contributed by atoms with Gasteiger partial charge in [-0.15, -0.1) is 0 Å². The molecule has 1 rings (SSSR count). The lowest BCUT2D eigenvalue weighted by Crippen LogP contribution is -2.08. The zero-order valence-corrected chi connectivity index (χ0v) is 6.97. The normalized spacial score (nSPS) is 10.5. The summed E-state index contributed by atoms with van der Waals surface area (Å²) in [5.74, 6) is -1.04. The molecule has 5 nitrogen and oxygen atoms in total. The van der Waals surface area contributed by atoms with E-state index >= 15 is 0 Å². The van der Waals surface area contributed by atoms with Gasteiger partial charge >= 0.3 is 5.97 Å². The van der Waals surface area contributed by atoms with Crippen LogP contribution in [0.15, 0.2) is 24.5 Å². The van der Waals surface area contributed by atoms with Crippen LogP contribution in [0.1, 0.15) is 10.6 Å². The number of hydrogen-bond acceptors (Lipinski definition) is 3. The van der Waals surface area contributed by atoms with Gasteiger partial charge in [0.1, 0.15) is 5.82 Å². The van der Waals surface area contributed by atoms with Gasteiger partial charge in [0.15, 0.2) is 0 Å². The number of imidazole rings is 1. The molecule has 1 aromatic rings. The minimum absolute atomic E-state index is 0.419. The molecule has 68 valence electrons. The van der Waals surface area contributed by atoms with Crippen molar-refractivity contribution in [2.75, 3.05) is 0 Å². The van der Waals surface area contributed by atoms with E-state index in [2.05, 4.69) is 4.98 Å². The standard InChI is InChI=1S/C8H8N2O3/c1-6-9-4-5-10(6)7(11)2-3-8(12)13/h2-5H,1H3,(H,12,13)/b3-2+.